The first kappa shape index (κ1) is 22.9. The van der Waals surface area contributed by atoms with E-state index in [1.54, 1.807) is 42.6 Å². The molecule has 0 unspecified atom stereocenters. The maximum absolute atomic E-state index is 13.2. The summed E-state index contributed by atoms with van der Waals surface area (Å²) in [7, 11) is 0. The van der Waals surface area contributed by atoms with Gasteiger partial charge in [-0.2, -0.15) is 5.10 Å². The van der Waals surface area contributed by atoms with Gasteiger partial charge in [0.1, 0.15) is 11.6 Å². The fourth-order valence-corrected chi connectivity index (χ4v) is 3.77. The zero-order valence-corrected chi connectivity index (χ0v) is 19.1. The first-order chi connectivity index (χ1) is 17.6. The van der Waals surface area contributed by atoms with Gasteiger partial charge in [-0.15, -0.1) is 0 Å². The second-order valence-electron chi connectivity index (χ2n) is 8.08. The lowest BCUT2D eigenvalue weighted by molar-refractivity contribution is 0.0945. The fraction of sp³-hybridized carbons (Fsp3) is 0.0714. The standard InChI is InChI=1S/C28H21FN4O3/c29-21-10-12-22(13-11-21)36-25-16-20(14-15-30-25)17-31-27(34)26-23-8-4-5-9-24(23)28(35)33(32-26)18-19-6-2-1-3-7-19/h1-16H,17-18H2,(H,31,34). The Kier molecular flexibility index (Phi) is 6.48. The van der Waals surface area contributed by atoms with Crippen molar-refractivity contribution in [3.8, 4) is 11.6 Å². The van der Waals surface area contributed by atoms with E-state index < -0.39 is 5.91 Å². The minimum absolute atomic E-state index is 0.165. The van der Waals surface area contributed by atoms with Gasteiger partial charge in [-0.1, -0.05) is 48.5 Å². The summed E-state index contributed by atoms with van der Waals surface area (Å²) in [5.41, 5.74) is 1.55. The van der Waals surface area contributed by atoms with Crippen molar-refractivity contribution in [2.24, 2.45) is 0 Å². The number of aromatic nitrogens is 3. The van der Waals surface area contributed by atoms with E-state index >= 15 is 0 Å². The third kappa shape index (κ3) is 5.12. The molecule has 3 aromatic carbocycles. The number of hydrogen-bond donors (Lipinski definition) is 1. The highest BCUT2D eigenvalue weighted by Gasteiger charge is 2.17. The molecule has 178 valence electrons. The molecule has 5 aromatic rings. The van der Waals surface area contributed by atoms with E-state index in [0.29, 0.717) is 22.4 Å². The average Bonchev–Trinajstić information content (AvgIpc) is 2.91. The van der Waals surface area contributed by atoms with Crippen LogP contribution in [0.4, 0.5) is 4.39 Å². The molecule has 0 aliphatic rings. The number of hydrogen-bond acceptors (Lipinski definition) is 5. The number of nitrogens with zero attached hydrogens (tertiary/aromatic N) is 3. The van der Waals surface area contributed by atoms with Gasteiger partial charge in [0.05, 0.1) is 11.9 Å². The molecule has 0 aliphatic heterocycles. The smallest absolute Gasteiger partial charge is 0.274 e. The van der Waals surface area contributed by atoms with Gasteiger partial charge in [-0.25, -0.2) is 14.1 Å². The van der Waals surface area contributed by atoms with Crippen LogP contribution in [0.3, 0.4) is 0 Å². The topological polar surface area (TPSA) is 86.1 Å². The second kappa shape index (κ2) is 10.2. The zero-order valence-electron chi connectivity index (χ0n) is 19.1. The number of fused-ring (bicyclic) bond motifs is 1. The Morgan fingerprint density at radius 1 is 0.889 bits per heavy atom. The van der Waals surface area contributed by atoms with Crippen molar-refractivity contribution >= 4 is 16.7 Å². The Balaban J connectivity index is 1.37. The van der Waals surface area contributed by atoms with E-state index in [0.717, 1.165) is 11.1 Å². The van der Waals surface area contributed by atoms with Gasteiger partial charge in [0, 0.05) is 24.2 Å². The molecule has 1 amide bonds. The van der Waals surface area contributed by atoms with Crippen LogP contribution in [0.25, 0.3) is 10.8 Å². The number of ether oxygens (including phenoxy) is 1. The number of halogens is 1. The van der Waals surface area contributed by atoms with Crippen LogP contribution in [0.2, 0.25) is 0 Å². The van der Waals surface area contributed by atoms with Gasteiger partial charge < -0.3 is 10.1 Å². The lowest BCUT2D eigenvalue weighted by Gasteiger charge is -2.12. The van der Waals surface area contributed by atoms with E-state index in [9.17, 15) is 14.0 Å². The van der Waals surface area contributed by atoms with Gasteiger partial charge in [0.25, 0.3) is 11.5 Å². The van der Waals surface area contributed by atoms with Crippen molar-refractivity contribution in [1.29, 1.82) is 0 Å². The maximum atomic E-state index is 13.2. The summed E-state index contributed by atoms with van der Waals surface area (Å²) >= 11 is 0. The molecule has 1 N–H and O–H groups in total. The van der Waals surface area contributed by atoms with Crippen LogP contribution >= 0.6 is 0 Å². The molecule has 0 saturated heterocycles. The highest BCUT2D eigenvalue weighted by molar-refractivity contribution is 6.04. The van der Waals surface area contributed by atoms with E-state index in [1.807, 2.05) is 30.3 Å². The Morgan fingerprint density at radius 3 is 2.39 bits per heavy atom. The summed E-state index contributed by atoms with van der Waals surface area (Å²) in [4.78, 5) is 30.4. The molecule has 0 bridgehead atoms. The van der Waals surface area contributed by atoms with Gasteiger partial charge in [0.15, 0.2) is 5.69 Å². The zero-order chi connectivity index (χ0) is 24.9. The molecular weight excluding hydrogens is 459 g/mol. The minimum Gasteiger partial charge on any atom is -0.439 e. The lowest BCUT2D eigenvalue weighted by Crippen LogP contribution is -2.30. The first-order valence-corrected chi connectivity index (χ1v) is 11.3. The number of pyridine rings is 1. The Bertz CT molecular complexity index is 1580. The molecule has 7 nitrogen and oxygen atoms in total. The molecule has 0 radical (unpaired) electrons. The molecule has 5 rings (SSSR count). The predicted molar refractivity (Wildman–Crippen MR) is 133 cm³/mol. The average molecular weight is 480 g/mol. The van der Waals surface area contributed by atoms with Crippen molar-refractivity contribution in [3.63, 3.8) is 0 Å². The molecule has 0 aliphatic carbocycles. The minimum atomic E-state index is -0.411. The van der Waals surface area contributed by atoms with Crippen LogP contribution in [0.15, 0.2) is 102 Å². The molecule has 0 saturated carbocycles. The van der Waals surface area contributed by atoms with Crippen molar-refractivity contribution < 1.29 is 13.9 Å². The van der Waals surface area contributed by atoms with Gasteiger partial charge >= 0.3 is 0 Å². The summed E-state index contributed by atoms with van der Waals surface area (Å²) in [5.74, 6) is -0.0106. The van der Waals surface area contributed by atoms with Gasteiger partial charge in [0.2, 0.25) is 5.88 Å². The highest BCUT2D eigenvalue weighted by Crippen LogP contribution is 2.20. The first-order valence-electron chi connectivity index (χ1n) is 11.3. The van der Waals surface area contributed by atoms with Crippen LogP contribution in [-0.2, 0) is 13.1 Å². The van der Waals surface area contributed by atoms with Crippen LogP contribution in [0, 0.1) is 5.82 Å². The van der Waals surface area contributed by atoms with Gasteiger partial charge in [-0.05, 0) is 47.5 Å². The number of carbonyl (C=O) groups excluding carboxylic acids is 1. The van der Waals surface area contributed by atoms with Crippen LogP contribution in [0.1, 0.15) is 21.6 Å². The highest BCUT2D eigenvalue weighted by atomic mass is 19.1. The largest absolute Gasteiger partial charge is 0.439 e. The van der Waals surface area contributed by atoms with Crippen molar-refractivity contribution in [1.82, 2.24) is 20.1 Å². The van der Waals surface area contributed by atoms with Crippen LogP contribution in [-0.4, -0.2) is 20.7 Å². The third-order valence-electron chi connectivity index (χ3n) is 5.55. The number of carbonyl (C=O) groups is 1. The Hall–Kier alpha value is -4.85. The fourth-order valence-electron chi connectivity index (χ4n) is 3.77. The third-order valence-corrected chi connectivity index (χ3v) is 5.55. The molecule has 2 heterocycles. The number of benzene rings is 3. The summed E-state index contributed by atoms with van der Waals surface area (Å²) < 4.78 is 20.1. The number of nitrogens with one attached hydrogen (secondary N) is 1. The van der Waals surface area contributed by atoms with Crippen molar-refractivity contribution in [2.45, 2.75) is 13.1 Å². The Morgan fingerprint density at radius 2 is 1.61 bits per heavy atom. The number of amides is 1. The molecule has 0 atom stereocenters. The molecular formula is C28H21FN4O3. The van der Waals surface area contributed by atoms with Gasteiger partial charge in [-0.3, -0.25) is 9.59 Å². The van der Waals surface area contributed by atoms with Crippen LogP contribution < -0.4 is 15.6 Å². The quantitative estimate of drug-likeness (QED) is 0.365. The normalized spacial score (nSPS) is 10.8. The summed E-state index contributed by atoms with van der Waals surface area (Å²) in [6.07, 6.45) is 1.56. The maximum Gasteiger partial charge on any atom is 0.274 e. The molecule has 2 aromatic heterocycles. The Labute approximate surface area is 205 Å². The molecule has 0 spiro atoms. The second-order valence-corrected chi connectivity index (χ2v) is 8.08. The number of rotatable bonds is 7. The summed E-state index contributed by atoms with van der Waals surface area (Å²) in [5, 5.41) is 8.19. The van der Waals surface area contributed by atoms with Crippen LogP contribution in [0.5, 0.6) is 11.6 Å². The summed E-state index contributed by atoms with van der Waals surface area (Å²) in [6.45, 7) is 0.439. The molecule has 0 fully saturated rings. The van der Waals surface area contributed by atoms with E-state index in [4.69, 9.17) is 4.74 Å². The molecule has 36 heavy (non-hydrogen) atoms. The van der Waals surface area contributed by atoms with E-state index in [-0.39, 0.29) is 30.2 Å². The summed E-state index contributed by atoms with van der Waals surface area (Å²) in [6, 6.07) is 25.5. The van der Waals surface area contributed by atoms with Crippen molar-refractivity contribution in [3.05, 3.63) is 130 Å². The SMILES string of the molecule is O=C(NCc1ccnc(Oc2ccc(F)cc2)c1)c1nn(Cc2ccccc2)c(=O)c2ccccc12. The van der Waals surface area contributed by atoms with E-state index in [1.165, 1.54) is 28.9 Å². The molecule has 8 heteroatoms. The van der Waals surface area contributed by atoms with E-state index in [2.05, 4.69) is 15.4 Å². The predicted octanol–water partition coefficient (Wildman–Crippen LogP) is 4.70. The lowest BCUT2D eigenvalue weighted by atomic mass is 10.1. The van der Waals surface area contributed by atoms with Crippen molar-refractivity contribution in [2.75, 3.05) is 0 Å². The monoisotopic (exact) mass is 480 g/mol.